The van der Waals surface area contributed by atoms with Crippen LogP contribution in [0.15, 0.2) is 53.5 Å². The number of hydrogen-bond donors (Lipinski definition) is 3. The molecule has 0 bridgehead atoms. The van der Waals surface area contributed by atoms with Crippen LogP contribution in [0.2, 0.25) is 0 Å². The first-order valence-corrected chi connectivity index (χ1v) is 8.52. The van der Waals surface area contributed by atoms with Gasteiger partial charge in [-0.15, -0.1) is 4.99 Å². The number of nitriles is 1. The van der Waals surface area contributed by atoms with E-state index in [9.17, 15) is 15.2 Å². The molecule has 28 heavy (non-hydrogen) atoms. The lowest BCUT2D eigenvalue weighted by molar-refractivity contribution is -0.385. The van der Waals surface area contributed by atoms with E-state index in [4.69, 9.17) is 10.00 Å². The zero-order chi connectivity index (χ0) is 20.3. The monoisotopic (exact) mass is 381 g/mol. The number of aliphatic imine (C=N–C) groups is 1. The third kappa shape index (κ3) is 3.87. The Morgan fingerprint density at radius 2 is 2.04 bits per heavy atom. The number of aliphatic hydroxyl groups is 1. The number of nitro benzene ring substituents is 1. The molecule has 2 aromatic rings. The second-order valence-corrected chi connectivity index (χ2v) is 6.80. The first kappa shape index (κ1) is 19.1. The number of guanidine groups is 1. The number of aliphatic hydroxyl groups excluding tert-OH is 1. The molecule has 3 rings (SSSR count). The van der Waals surface area contributed by atoms with E-state index in [2.05, 4.69) is 15.6 Å². The van der Waals surface area contributed by atoms with Gasteiger partial charge in [0.05, 0.1) is 11.0 Å². The van der Waals surface area contributed by atoms with Crippen molar-refractivity contribution < 1.29 is 14.8 Å². The molecule has 144 valence electrons. The molecule has 0 saturated carbocycles. The molecule has 1 heterocycles. The number of non-ortho nitro benzene ring substituents is 1. The van der Waals surface area contributed by atoms with Gasteiger partial charge in [-0.25, -0.2) is 0 Å². The lowest BCUT2D eigenvalue weighted by Crippen LogP contribution is -2.54. The number of para-hydroxylation sites is 1. The summed E-state index contributed by atoms with van der Waals surface area (Å²) in [5, 5.41) is 37.0. The number of nitro groups is 1. The van der Waals surface area contributed by atoms with E-state index in [1.807, 2.05) is 18.2 Å². The predicted molar refractivity (Wildman–Crippen MR) is 103 cm³/mol. The fourth-order valence-corrected chi connectivity index (χ4v) is 3.01. The minimum atomic E-state index is -1.07. The standard InChI is InChI=1S/C19H19N5O4/c1-19(2)17(25)16(14-10-13(24(26)27)8-9-15(14)28-19)23-18(21-11-20)22-12-6-4-3-5-7-12/h3-10,16-17,25H,1-2H3,(H2,21,22,23)/t16-,17+/m0/s1. The molecule has 0 fully saturated rings. The lowest BCUT2D eigenvalue weighted by atomic mass is 9.86. The SMILES string of the molecule is CC1(C)Oc2ccc([N+](=O)[O-])cc2[C@H](NC(=NC#N)Nc2ccccc2)[C@H]1O. The first-order chi connectivity index (χ1) is 13.3. The molecule has 1 aliphatic heterocycles. The minimum absolute atomic E-state index is 0.105. The summed E-state index contributed by atoms with van der Waals surface area (Å²) in [6.45, 7) is 3.42. The summed E-state index contributed by atoms with van der Waals surface area (Å²) in [5.74, 6) is 0.516. The molecule has 2 aromatic carbocycles. The van der Waals surface area contributed by atoms with Crippen molar-refractivity contribution in [2.24, 2.45) is 4.99 Å². The summed E-state index contributed by atoms with van der Waals surface area (Å²) in [6.07, 6.45) is 0.642. The number of anilines is 1. The quantitative estimate of drug-likeness (QED) is 0.245. The van der Waals surface area contributed by atoms with Crippen LogP contribution in [-0.2, 0) is 0 Å². The van der Waals surface area contributed by atoms with Crippen LogP contribution < -0.4 is 15.4 Å². The molecule has 9 heteroatoms. The minimum Gasteiger partial charge on any atom is -0.485 e. The van der Waals surface area contributed by atoms with Crippen LogP contribution in [0, 0.1) is 21.6 Å². The van der Waals surface area contributed by atoms with Crippen molar-refractivity contribution in [1.29, 1.82) is 5.26 Å². The van der Waals surface area contributed by atoms with Gasteiger partial charge in [-0.05, 0) is 32.0 Å². The molecule has 0 unspecified atom stereocenters. The van der Waals surface area contributed by atoms with Crippen LogP contribution in [0.4, 0.5) is 11.4 Å². The maximum Gasteiger partial charge on any atom is 0.270 e. The van der Waals surface area contributed by atoms with Gasteiger partial charge in [0.2, 0.25) is 12.2 Å². The average molecular weight is 381 g/mol. The predicted octanol–water partition coefficient (Wildman–Crippen LogP) is 2.71. The van der Waals surface area contributed by atoms with Crippen molar-refractivity contribution >= 4 is 17.3 Å². The molecular weight excluding hydrogens is 362 g/mol. The van der Waals surface area contributed by atoms with Gasteiger partial charge >= 0.3 is 0 Å². The largest absolute Gasteiger partial charge is 0.485 e. The van der Waals surface area contributed by atoms with Crippen molar-refractivity contribution in [2.45, 2.75) is 31.6 Å². The molecule has 0 spiro atoms. The van der Waals surface area contributed by atoms with E-state index in [0.29, 0.717) is 17.0 Å². The van der Waals surface area contributed by atoms with Gasteiger partial charge in [-0.1, -0.05) is 18.2 Å². The van der Waals surface area contributed by atoms with E-state index < -0.39 is 22.7 Å². The lowest BCUT2D eigenvalue weighted by Gasteiger charge is -2.42. The highest BCUT2D eigenvalue weighted by molar-refractivity contribution is 5.94. The number of nitrogens with zero attached hydrogens (tertiary/aromatic N) is 3. The van der Waals surface area contributed by atoms with Crippen molar-refractivity contribution in [3.63, 3.8) is 0 Å². The third-order valence-corrected chi connectivity index (χ3v) is 4.43. The Kier molecular flexibility index (Phi) is 5.15. The van der Waals surface area contributed by atoms with Crippen molar-refractivity contribution in [3.05, 3.63) is 64.2 Å². The van der Waals surface area contributed by atoms with Gasteiger partial charge in [0, 0.05) is 23.4 Å². The Bertz CT molecular complexity index is 953. The van der Waals surface area contributed by atoms with Gasteiger partial charge < -0.3 is 20.5 Å². The summed E-state index contributed by atoms with van der Waals surface area (Å²) in [6, 6.07) is 12.5. The summed E-state index contributed by atoms with van der Waals surface area (Å²) < 4.78 is 5.82. The van der Waals surface area contributed by atoms with Crippen LogP contribution in [0.5, 0.6) is 5.75 Å². The zero-order valence-electron chi connectivity index (χ0n) is 15.3. The van der Waals surface area contributed by atoms with E-state index in [0.717, 1.165) is 0 Å². The maximum atomic E-state index is 11.2. The highest BCUT2D eigenvalue weighted by Gasteiger charge is 2.44. The van der Waals surface area contributed by atoms with Crippen molar-refractivity contribution in [1.82, 2.24) is 5.32 Å². The molecule has 0 amide bonds. The number of fused-ring (bicyclic) bond motifs is 1. The summed E-state index contributed by atoms with van der Waals surface area (Å²) in [4.78, 5) is 14.4. The molecule has 2 atom stereocenters. The topological polar surface area (TPSA) is 133 Å². The fraction of sp³-hybridized carbons (Fsp3) is 0.263. The fourth-order valence-electron chi connectivity index (χ4n) is 3.01. The van der Waals surface area contributed by atoms with Crippen LogP contribution in [0.1, 0.15) is 25.5 Å². The van der Waals surface area contributed by atoms with Gasteiger partial charge in [0.25, 0.3) is 5.69 Å². The smallest absolute Gasteiger partial charge is 0.270 e. The molecule has 0 saturated heterocycles. The second kappa shape index (κ2) is 7.54. The molecule has 0 radical (unpaired) electrons. The van der Waals surface area contributed by atoms with Crippen LogP contribution >= 0.6 is 0 Å². The molecule has 0 aliphatic carbocycles. The van der Waals surface area contributed by atoms with E-state index in [-0.39, 0.29) is 11.6 Å². The Hall–Kier alpha value is -3.64. The molecule has 0 aromatic heterocycles. The summed E-state index contributed by atoms with van der Waals surface area (Å²) in [7, 11) is 0. The van der Waals surface area contributed by atoms with Gasteiger partial charge in [-0.3, -0.25) is 10.1 Å². The zero-order valence-corrected chi connectivity index (χ0v) is 15.3. The Labute approximate surface area is 161 Å². The van der Waals surface area contributed by atoms with Crippen molar-refractivity contribution in [2.75, 3.05) is 5.32 Å². The van der Waals surface area contributed by atoms with Gasteiger partial charge in [0.1, 0.15) is 17.5 Å². The van der Waals surface area contributed by atoms with Crippen molar-refractivity contribution in [3.8, 4) is 11.9 Å². The van der Waals surface area contributed by atoms with Crippen LogP contribution in [-0.4, -0.2) is 27.7 Å². The summed E-state index contributed by atoms with van der Waals surface area (Å²) >= 11 is 0. The van der Waals surface area contributed by atoms with E-state index in [1.54, 1.807) is 32.2 Å². The normalized spacial score (nSPS) is 20.3. The molecule has 1 aliphatic rings. The third-order valence-electron chi connectivity index (χ3n) is 4.43. The number of rotatable bonds is 3. The molecule has 3 N–H and O–H groups in total. The van der Waals surface area contributed by atoms with Gasteiger partial charge in [0.15, 0.2) is 0 Å². The first-order valence-electron chi connectivity index (χ1n) is 8.52. The van der Waals surface area contributed by atoms with Crippen LogP contribution in [0.3, 0.4) is 0 Å². The highest BCUT2D eigenvalue weighted by atomic mass is 16.6. The molecule has 9 nitrogen and oxygen atoms in total. The Balaban J connectivity index is 1.98. The van der Waals surface area contributed by atoms with Crippen LogP contribution in [0.25, 0.3) is 0 Å². The summed E-state index contributed by atoms with van der Waals surface area (Å²) in [5.41, 5.74) is -0.00729. The highest BCUT2D eigenvalue weighted by Crippen LogP contribution is 2.41. The average Bonchev–Trinajstić information content (AvgIpc) is 2.65. The number of hydrogen-bond acceptors (Lipinski definition) is 6. The number of ether oxygens (including phenoxy) is 1. The van der Waals surface area contributed by atoms with E-state index >= 15 is 0 Å². The number of benzene rings is 2. The van der Waals surface area contributed by atoms with E-state index in [1.165, 1.54) is 18.2 Å². The maximum absolute atomic E-state index is 11.2. The second-order valence-electron chi connectivity index (χ2n) is 6.80. The Morgan fingerprint density at radius 1 is 1.32 bits per heavy atom. The van der Waals surface area contributed by atoms with Gasteiger partial charge in [-0.2, -0.15) is 5.26 Å². The Morgan fingerprint density at radius 3 is 2.68 bits per heavy atom. The molecular formula is C19H19N5O4. The number of nitrogens with one attached hydrogen (secondary N) is 2.